The van der Waals surface area contributed by atoms with Crippen molar-refractivity contribution in [1.29, 1.82) is 0 Å². The largest absolute Gasteiger partial charge is 0.302 e. The molecule has 3 rings (SSSR count). The van der Waals surface area contributed by atoms with E-state index >= 15 is 0 Å². The minimum atomic E-state index is -0.726. The minimum absolute atomic E-state index is 0.0389. The Morgan fingerprint density at radius 2 is 1.85 bits per heavy atom. The van der Waals surface area contributed by atoms with Crippen LogP contribution in [0.4, 0.5) is 8.78 Å². The first-order chi connectivity index (χ1) is 12.8. The molecule has 0 N–H and O–H groups in total. The van der Waals surface area contributed by atoms with Gasteiger partial charge < -0.3 is 4.57 Å². The van der Waals surface area contributed by atoms with Gasteiger partial charge in [-0.25, -0.2) is 8.78 Å². The molecular formula is C21H18F2N2OS. The van der Waals surface area contributed by atoms with Crippen molar-refractivity contribution in [2.24, 2.45) is 4.99 Å². The molecule has 0 spiro atoms. The predicted molar refractivity (Wildman–Crippen MR) is 103 cm³/mol. The van der Waals surface area contributed by atoms with Gasteiger partial charge in [-0.05, 0) is 43.5 Å². The van der Waals surface area contributed by atoms with Crippen LogP contribution in [0.1, 0.15) is 22.3 Å². The first kappa shape index (κ1) is 19.0. The highest BCUT2D eigenvalue weighted by Gasteiger charge is 2.14. The third-order valence-electron chi connectivity index (χ3n) is 4.33. The summed E-state index contributed by atoms with van der Waals surface area (Å²) in [5.41, 5.74) is 4.27. The van der Waals surface area contributed by atoms with Crippen LogP contribution in [0.2, 0.25) is 0 Å². The van der Waals surface area contributed by atoms with Crippen LogP contribution in [0.25, 0.3) is 10.2 Å². The van der Waals surface area contributed by atoms with Gasteiger partial charge in [0.1, 0.15) is 5.82 Å². The Hall–Kier alpha value is -2.78. The number of thiazole rings is 1. The first-order valence-electron chi connectivity index (χ1n) is 8.36. The van der Waals surface area contributed by atoms with Gasteiger partial charge in [0.15, 0.2) is 10.6 Å². The van der Waals surface area contributed by atoms with E-state index in [0.717, 1.165) is 39.7 Å². The van der Waals surface area contributed by atoms with E-state index in [2.05, 4.69) is 10.9 Å². The zero-order chi connectivity index (χ0) is 19.7. The Morgan fingerprint density at radius 1 is 1.19 bits per heavy atom. The molecule has 27 heavy (non-hydrogen) atoms. The number of carbonyl (C=O) groups is 1. The van der Waals surface area contributed by atoms with Crippen LogP contribution in [-0.4, -0.2) is 10.5 Å². The lowest BCUT2D eigenvalue weighted by atomic mass is 9.97. The first-order valence-corrected chi connectivity index (χ1v) is 9.18. The van der Waals surface area contributed by atoms with E-state index in [9.17, 15) is 13.6 Å². The van der Waals surface area contributed by atoms with Gasteiger partial charge in [-0.1, -0.05) is 35.0 Å². The fraction of sp³-hybridized carbons (Fsp3) is 0.238. The molecule has 0 unspecified atom stereocenters. The van der Waals surface area contributed by atoms with Gasteiger partial charge in [-0.3, -0.25) is 4.79 Å². The summed E-state index contributed by atoms with van der Waals surface area (Å²) in [6.07, 6.45) is 5.52. The standard InChI is InChI=1S/C21H18F2N2OS/c1-5-6-25-20-17(23)9-15(22)10-18(20)27-21(25)24-19(26)11-16-13(3)7-12(2)8-14(16)4/h1,7-10H,6,11H2,2-4H3. The van der Waals surface area contributed by atoms with E-state index < -0.39 is 11.6 Å². The van der Waals surface area contributed by atoms with E-state index in [4.69, 9.17) is 6.42 Å². The zero-order valence-corrected chi connectivity index (χ0v) is 16.1. The number of halogens is 2. The summed E-state index contributed by atoms with van der Waals surface area (Å²) in [6.45, 7) is 5.96. The molecule has 0 saturated carbocycles. The van der Waals surface area contributed by atoms with Crippen molar-refractivity contribution in [3.63, 3.8) is 0 Å². The van der Waals surface area contributed by atoms with Crippen LogP contribution in [0.15, 0.2) is 29.3 Å². The molecule has 0 aliphatic carbocycles. The highest BCUT2D eigenvalue weighted by atomic mass is 32.1. The fourth-order valence-corrected chi connectivity index (χ4v) is 4.32. The van der Waals surface area contributed by atoms with Gasteiger partial charge >= 0.3 is 0 Å². The van der Waals surface area contributed by atoms with Crippen molar-refractivity contribution in [3.8, 4) is 12.3 Å². The Morgan fingerprint density at radius 3 is 2.48 bits per heavy atom. The van der Waals surface area contributed by atoms with Gasteiger partial charge in [0, 0.05) is 6.07 Å². The quantitative estimate of drug-likeness (QED) is 0.623. The van der Waals surface area contributed by atoms with Crippen LogP contribution in [-0.2, 0) is 17.8 Å². The number of nitrogens with zero attached hydrogens (tertiary/aromatic N) is 2. The summed E-state index contributed by atoms with van der Waals surface area (Å²) in [5.74, 6) is 0.663. The fourth-order valence-electron chi connectivity index (χ4n) is 3.24. The maximum atomic E-state index is 14.2. The molecule has 0 radical (unpaired) electrons. The van der Waals surface area contributed by atoms with E-state index in [0.29, 0.717) is 4.70 Å². The second-order valence-electron chi connectivity index (χ2n) is 6.47. The van der Waals surface area contributed by atoms with Crippen molar-refractivity contribution in [2.45, 2.75) is 33.7 Å². The highest BCUT2D eigenvalue weighted by Crippen LogP contribution is 2.22. The Kier molecular flexibility index (Phi) is 5.24. The van der Waals surface area contributed by atoms with Crippen molar-refractivity contribution < 1.29 is 13.6 Å². The predicted octanol–water partition coefficient (Wildman–Crippen LogP) is 4.21. The molecule has 3 aromatic rings. The molecule has 0 bridgehead atoms. The molecule has 3 nitrogen and oxygen atoms in total. The molecule has 0 aliphatic rings. The molecule has 0 fully saturated rings. The Labute approximate surface area is 160 Å². The van der Waals surface area contributed by atoms with Gasteiger partial charge in [-0.2, -0.15) is 4.99 Å². The normalized spacial score (nSPS) is 11.8. The lowest BCUT2D eigenvalue weighted by Gasteiger charge is -2.09. The van der Waals surface area contributed by atoms with E-state index in [-0.39, 0.29) is 29.2 Å². The second kappa shape index (κ2) is 7.45. The molecule has 0 aliphatic heterocycles. The van der Waals surface area contributed by atoms with Crippen molar-refractivity contribution in [3.05, 3.63) is 63.0 Å². The van der Waals surface area contributed by atoms with Crippen molar-refractivity contribution >= 4 is 27.5 Å². The summed E-state index contributed by atoms with van der Waals surface area (Å²) in [5, 5.41) is 0. The molecule has 0 atom stereocenters. The van der Waals surface area contributed by atoms with Gasteiger partial charge in [0.05, 0.1) is 23.2 Å². The summed E-state index contributed by atoms with van der Waals surface area (Å²) < 4.78 is 29.5. The lowest BCUT2D eigenvalue weighted by molar-refractivity contribution is -0.117. The van der Waals surface area contributed by atoms with Crippen LogP contribution in [0, 0.1) is 44.7 Å². The number of rotatable bonds is 3. The number of carbonyl (C=O) groups excluding carboxylic acids is 1. The summed E-state index contributed by atoms with van der Waals surface area (Å²) in [4.78, 5) is 17.0. The number of aryl methyl sites for hydroxylation is 3. The third kappa shape index (κ3) is 3.83. The maximum Gasteiger partial charge on any atom is 0.252 e. The number of hydrogen-bond acceptors (Lipinski definition) is 2. The number of aromatic nitrogens is 1. The van der Waals surface area contributed by atoms with Gasteiger partial charge in [0.2, 0.25) is 0 Å². The van der Waals surface area contributed by atoms with Crippen molar-refractivity contribution in [2.75, 3.05) is 0 Å². The number of amides is 1. The molecule has 2 aromatic carbocycles. The summed E-state index contributed by atoms with van der Waals surface area (Å²) >= 11 is 1.04. The number of benzene rings is 2. The molecule has 1 aromatic heterocycles. The maximum absolute atomic E-state index is 14.2. The topological polar surface area (TPSA) is 34.4 Å². The second-order valence-corrected chi connectivity index (χ2v) is 7.48. The minimum Gasteiger partial charge on any atom is -0.302 e. The van der Waals surface area contributed by atoms with Crippen molar-refractivity contribution in [1.82, 2.24) is 4.57 Å². The summed E-state index contributed by atoms with van der Waals surface area (Å²) in [6, 6.07) is 6.05. The van der Waals surface area contributed by atoms with E-state index in [1.165, 1.54) is 10.6 Å². The Balaban J connectivity index is 2.08. The highest BCUT2D eigenvalue weighted by molar-refractivity contribution is 7.16. The van der Waals surface area contributed by atoms with E-state index in [1.807, 2.05) is 32.9 Å². The third-order valence-corrected chi connectivity index (χ3v) is 5.36. The number of fused-ring (bicyclic) bond motifs is 1. The zero-order valence-electron chi connectivity index (χ0n) is 15.3. The molecule has 1 heterocycles. The summed E-state index contributed by atoms with van der Waals surface area (Å²) in [7, 11) is 0. The smallest absolute Gasteiger partial charge is 0.252 e. The van der Waals surface area contributed by atoms with Crippen LogP contribution in [0.3, 0.4) is 0 Å². The average Bonchev–Trinajstić information content (AvgIpc) is 2.88. The Bertz CT molecular complexity index is 1140. The van der Waals surface area contributed by atoms with Crippen LogP contribution in [0.5, 0.6) is 0 Å². The molecular weight excluding hydrogens is 366 g/mol. The van der Waals surface area contributed by atoms with Crippen LogP contribution >= 0.6 is 11.3 Å². The van der Waals surface area contributed by atoms with Gasteiger partial charge in [-0.15, -0.1) is 6.42 Å². The number of terminal acetylenes is 1. The molecule has 6 heteroatoms. The number of hydrogen-bond donors (Lipinski definition) is 0. The van der Waals surface area contributed by atoms with Crippen LogP contribution < -0.4 is 4.80 Å². The lowest BCUT2D eigenvalue weighted by Crippen LogP contribution is -2.18. The molecule has 1 amide bonds. The molecule has 138 valence electrons. The average molecular weight is 384 g/mol. The monoisotopic (exact) mass is 384 g/mol. The SMILES string of the molecule is C#CCn1c(=NC(=O)Cc2c(C)cc(C)cc2C)sc2cc(F)cc(F)c21. The molecule has 0 saturated heterocycles. The van der Waals surface area contributed by atoms with Gasteiger partial charge in [0.25, 0.3) is 5.91 Å². The van der Waals surface area contributed by atoms with E-state index in [1.54, 1.807) is 0 Å².